The summed E-state index contributed by atoms with van der Waals surface area (Å²) in [6.07, 6.45) is 1.71. The molecule has 5 nitrogen and oxygen atoms in total. The molecule has 0 saturated carbocycles. The average molecular weight is 402 g/mol. The van der Waals surface area contributed by atoms with Crippen LogP contribution in [-0.4, -0.2) is 40.7 Å². The van der Waals surface area contributed by atoms with E-state index in [4.69, 9.17) is 11.6 Å². The fourth-order valence-electron chi connectivity index (χ4n) is 3.78. The summed E-state index contributed by atoms with van der Waals surface area (Å²) in [6.45, 7) is 5.54. The number of fused-ring (bicyclic) bond motifs is 2. The highest BCUT2D eigenvalue weighted by Crippen LogP contribution is 2.43. The molecule has 2 aromatic carbocycles. The first-order valence-electron chi connectivity index (χ1n) is 8.81. The minimum atomic E-state index is -0.369. The number of aromatic nitrogens is 3. The van der Waals surface area contributed by atoms with Gasteiger partial charge in [-0.15, -0.1) is 0 Å². The maximum Gasteiger partial charge on any atom is 0.159 e. The Morgan fingerprint density at radius 3 is 2.81 bits per heavy atom. The van der Waals surface area contributed by atoms with Crippen molar-refractivity contribution in [2.75, 3.05) is 31.1 Å². The Hall–Kier alpha value is -2.22. The van der Waals surface area contributed by atoms with Gasteiger partial charge in [-0.2, -0.15) is 9.47 Å². The normalized spacial score (nSPS) is 15.1. The second-order valence-corrected chi connectivity index (χ2v) is 7.92. The van der Waals surface area contributed by atoms with Gasteiger partial charge in [-0.3, -0.25) is 5.10 Å². The van der Waals surface area contributed by atoms with E-state index in [0.717, 1.165) is 58.6 Å². The molecule has 1 aliphatic rings. The predicted octanol–water partition coefficient (Wildman–Crippen LogP) is 4.35. The first-order valence-corrected chi connectivity index (χ1v) is 9.96. The lowest BCUT2D eigenvalue weighted by Crippen LogP contribution is -2.43. The summed E-state index contributed by atoms with van der Waals surface area (Å²) in [7, 11) is 0. The van der Waals surface area contributed by atoms with Crippen LogP contribution in [0.3, 0.4) is 0 Å². The number of hydrogen-bond donors (Lipinski definition) is 2. The van der Waals surface area contributed by atoms with Crippen molar-refractivity contribution in [3.05, 3.63) is 40.8 Å². The summed E-state index contributed by atoms with van der Waals surface area (Å²) in [5, 5.41) is 13.4. The van der Waals surface area contributed by atoms with Gasteiger partial charge in [-0.05, 0) is 36.2 Å². The molecule has 8 heteroatoms. The third kappa shape index (κ3) is 2.61. The molecule has 0 unspecified atom stereocenters. The fourth-order valence-corrected chi connectivity index (χ4v) is 4.98. The third-order valence-corrected chi connectivity index (χ3v) is 6.36. The Labute approximate surface area is 164 Å². The second kappa shape index (κ2) is 6.44. The Bertz CT molecular complexity index is 1160. The van der Waals surface area contributed by atoms with Gasteiger partial charge in [0.05, 0.1) is 16.7 Å². The van der Waals surface area contributed by atoms with Crippen molar-refractivity contribution in [3.63, 3.8) is 0 Å². The van der Waals surface area contributed by atoms with Crippen LogP contribution >= 0.6 is 23.1 Å². The topological polar surface area (TPSA) is 56.8 Å². The number of aryl methyl sites for hydroxylation is 1. The van der Waals surface area contributed by atoms with Gasteiger partial charge in [0, 0.05) is 48.1 Å². The number of benzene rings is 2. The second-order valence-electron chi connectivity index (χ2n) is 6.76. The summed E-state index contributed by atoms with van der Waals surface area (Å²) < 4.78 is 20.0. The summed E-state index contributed by atoms with van der Waals surface area (Å²) in [4.78, 5) is 2.24. The molecule has 0 radical (unpaired) electrons. The molecule has 5 rings (SSSR count). The molecule has 1 aliphatic heterocycles. The largest absolute Gasteiger partial charge is 0.359 e. The maximum atomic E-state index is 15.6. The number of nitrogens with one attached hydrogen (secondary N) is 2. The van der Waals surface area contributed by atoms with Gasteiger partial charge in [0.15, 0.2) is 5.82 Å². The van der Waals surface area contributed by atoms with E-state index in [0.29, 0.717) is 16.1 Å². The number of halogens is 2. The van der Waals surface area contributed by atoms with Gasteiger partial charge < -0.3 is 10.2 Å². The van der Waals surface area contributed by atoms with E-state index in [-0.39, 0.29) is 5.82 Å². The number of hydrogen-bond acceptors (Lipinski definition) is 5. The number of anilines is 1. The highest BCUT2D eigenvalue weighted by molar-refractivity contribution is 7.11. The average Bonchev–Trinajstić information content (AvgIpc) is 3.31. The monoisotopic (exact) mass is 401 g/mol. The van der Waals surface area contributed by atoms with Crippen LogP contribution in [0.1, 0.15) is 5.56 Å². The summed E-state index contributed by atoms with van der Waals surface area (Å²) in [5.41, 5.74) is 3.34. The van der Waals surface area contributed by atoms with Crippen LogP contribution in [0.4, 0.5) is 9.39 Å². The van der Waals surface area contributed by atoms with E-state index in [1.54, 1.807) is 6.20 Å². The molecule has 1 saturated heterocycles. The molecule has 0 amide bonds. The van der Waals surface area contributed by atoms with Gasteiger partial charge in [0.25, 0.3) is 0 Å². The first kappa shape index (κ1) is 16.9. The lowest BCUT2D eigenvalue weighted by molar-refractivity contribution is 0.592. The van der Waals surface area contributed by atoms with Crippen molar-refractivity contribution in [2.24, 2.45) is 0 Å². The fraction of sp³-hybridized carbons (Fsp3) is 0.263. The minimum Gasteiger partial charge on any atom is -0.359 e. The van der Waals surface area contributed by atoms with Crippen LogP contribution in [0.5, 0.6) is 0 Å². The van der Waals surface area contributed by atoms with Crippen molar-refractivity contribution in [3.8, 4) is 11.1 Å². The Balaban J connectivity index is 1.75. The molecule has 0 bridgehead atoms. The first-order chi connectivity index (χ1) is 13.1. The molecule has 2 aromatic heterocycles. The molecular formula is C19H17ClFN5S. The zero-order chi connectivity index (χ0) is 18.5. The van der Waals surface area contributed by atoms with Crippen molar-refractivity contribution in [1.82, 2.24) is 19.9 Å². The van der Waals surface area contributed by atoms with Crippen molar-refractivity contribution in [2.45, 2.75) is 6.92 Å². The smallest absolute Gasteiger partial charge is 0.159 e. The van der Waals surface area contributed by atoms with Crippen molar-refractivity contribution < 1.29 is 4.39 Å². The lowest BCUT2D eigenvalue weighted by atomic mass is 9.95. The molecule has 3 heterocycles. The van der Waals surface area contributed by atoms with Gasteiger partial charge >= 0.3 is 0 Å². The quantitative estimate of drug-likeness (QED) is 0.524. The third-order valence-electron chi connectivity index (χ3n) is 5.13. The van der Waals surface area contributed by atoms with Crippen LogP contribution in [0.25, 0.3) is 32.9 Å². The highest BCUT2D eigenvalue weighted by Gasteiger charge is 2.24. The SMILES string of the molecule is Cc1ccc2[nH]ncc2c1-c1c(Cl)cc2c(N3CCNCC3)snc2c1F. The zero-order valence-corrected chi connectivity index (χ0v) is 16.2. The minimum absolute atomic E-state index is 0.369. The molecule has 2 N–H and O–H groups in total. The molecule has 0 aliphatic carbocycles. The van der Waals surface area contributed by atoms with Gasteiger partial charge in [-0.1, -0.05) is 17.7 Å². The zero-order valence-electron chi connectivity index (χ0n) is 14.6. The Morgan fingerprint density at radius 1 is 1.19 bits per heavy atom. The summed E-state index contributed by atoms with van der Waals surface area (Å²) in [5.74, 6) is -0.369. The van der Waals surface area contributed by atoms with Crippen LogP contribution in [0.2, 0.25) is 5.02 Å². The maximum absolute atomic E-state index is 15.6. The number of piperazine rings is 1. The van der Waals surface area contributed by atoms with Crippen LogP contribution in [0, 0.1) is 12.7 Å². The van der Waals surface area contributed by atoms with E-state index in [1.165, 1.54) is 11.5 Å². The van der Waals surface area contributed by atoms with E-state index in [1.807, 2.05) is 25.1 Å². The van der Waals surface area contributed by atoms with E-state index in [9.17, 15) is 0 Å². The lowest BCUT2D eigenvalue weighted by Gasteiger charge is -2.28. The predicted molar refractivity (Wildman–Crippen MR) is 109 cm³/mol. The molecular weight excluding hydrogens is 385 g/mol. The Morgan fingerprint density at radius 2 is 2.00 bits per heavy atom. The van der Waals surface area contributed by atoms with Gasteiger partial charge in [0.2, 0.25) is 0 Å². The van der Waals surface area contributed by atoms with E-state index in [2.05, 4.69) is 24.8 Å². The number of H-pyrrole nitrogens is 1. The van der Waals surface area contributed by atoms with Gasteiger partial charge in [0.1, 0.15) is 10.5 Å². The molecule has 1 fully saturated rings. The number of nitrogens with zero attached hydrogens (tertiary/aromatic N) is 3. The van der Waals surface area contributed by atoms with Crippen LogP contribution < -0.4 is 10.2 Å². The molecule has 138 valence electrons. The van der Waals surface area contributed by atoms with E-state index < -0.39 is 0 Å². The van der Waals surface area contributed by atoms with Crippen LogP contribution in [-0.2, 0) is 0 Å². The highest BCUT2D eigenvalue weighted by atomic mass is 35.5. The standard InChI is InChI=1S/C19H17ClFN5S/c1-10-2-3-14-12(9-23-24-14)15(10)16-13(20)8-11-18(17(16)21)25-27-19(11)26-6-4-22-5-7-26/h2-3,8-9,22H,4-7H2,1H3,(H,23,24). The summed E-state index contributed by atoms with van der Waals surface area (Å²) in [6, 6.07) is 5.74. The molecule has 27 heavy (non-hydrogen) atoms. The van der Waals surface area contributed by atoms with E-state index >= 15 is 4.39 Å². The van der Waals surface area contributed by atoms with Crippen molar-refractivity contribution >= 4 is 49.9 Å². The molecule has 4 aromatic rings. The Kier molecular flexibility index (Phi) is 4.03. The summed E-state index contributed by atoms with van der Waals surface area (Å²) >= 11 is 7.96. The number of aromatic amines is 1. The molecule has 0 atom stereocenters. The number of rotatable bonds is 2. The van der Waals surface area contributed by atoms with Crippen molar-refractivity contribution in [1.29, 1.82) is 0 Å². The molecule has 0 spiro atoms. The van der Waals surface area contributed by atoms with Gasteiger partial charge in [-0.25, -0.2) is 4.39 Å². The van der Waals surface area contributed by atoms with Crippen LogP contribution in [0.15, 0.2) is 24.4 Å².